The van der Waals surface area contributed by atoms with E-state index in [1.165, 1.54) is 0 Å². The van der Waals surface area contributed by atoms with Crippen LogP contribution in [-0.2, 0) is 16.6 Å². The number of nitrogens with zero attached hydrogens (tertiary/aromatic N) is 1. The summed E-state index contributed by atoms with van der Waals surface area (Å²) in [5.41, 5.74) is 6.98. The van der Waals surface area contributed by atoms with E-state index in [1.54, 1.807) is 12.4 Å². The van der Waals surface area contributed by atoms with Crippen molar-refractivity contribution in [2.75, 3.05) is 5.75 Å². The van der Waals surface area contributed by atoms with Crippen LogP contribution in [-0.4, -0.2) is 24.1 Å². The maximum Gasteiger partial charge on any atom is 0.218 e. The van der Waals surface area contributed by atoms with Crippen molar-refractivity contribution in [1.82, 2.24) is 9.71 Å². The van der Waals surface area contributed by atoms with E-state index in [-0.39, 0.29) is 17.3 Å². The number of nitrogens with two attached hydrogens (primary N) is 1. The van der Waals surface area contributed by atoms with E-state index in [0.717, 1.165) is 11.1 Å². The maximum atomic E-state index is 11.4. The Hall–Kier alpha value is -1.05. The van der Waals surface area contributed by atoms with Crippen LogP contribution in [0.15, 0.2) is 18.5 Å². The normalized spacial score (nSPS) is 11.3. The molecule has 1 rings (SSSR count). The molecule has 0 unspecified atom stereocenters. The number of rotatable bonds is 5. The standard InChI is InChI=1S/C9H13N3O2S2/c1-7-2-3-11-4-8(7)5-12-16(13,14)6-9(10)15/h2-4,12H,5-6H2,1H3,(H2,10,15). The van der Waals surface area contributed by atoms with Gasteiger partial charge in [-0.05, 0) is 24.1 Å². The Labute approximate surface area is 100 Å². The molecule has 0 aliphatic rings. The van der Waals surface area contributed by atoms with Gasteiger partial charge in [-0.2, -0.15) is 0 Å². The van der Waals surface area contributed by atoms with Crippen molar-refractivity contribution in [2.45, 2.75) is 13.5 Å². The van der Waals surface area contributed by atoms with Crippen molar-refractivity contribution in [2.24, 2.45) is 5.73 Å². The quantitative estimate of drug-likeness (QED) is 0.732. The number of hydrogen-bond acceptors (Lipinski definition) is 4. The van der Waals surface area contributed by atoms with Gasteiger partial charge in [0.1, 0.15) is 5.75 Å². The van der Waals surface area contributed by atoms with Crippen LogP contribution in [0.25, 0.3) is 0 Å². The summed E-state index contributed by atoms with van der Waals surface area (Å²) in [7, 11) is -3.44. The topological polar surface area (TPSA) is 85.1 Å². The van der Waals surface area contributed by atoms with Crippen molar-refractivity contribution < 1.29 is 8.42 Å². The molecule has 0 fully saturated rings. The molecule has 0 aromatic carbocycles. The summed E-state index contributed by atoms with van der Waals surface area (Å²) in [5, 5.41) is 0. The zero-order valence-electron chi connectivity index (χ0n) is 8.80. The number of thiocarbonyl (C=S) groups is 1. The Morgan fingerprint density at radius 1 is 1.62 bits per heavy atom. The zero-order valence-corrected chi connectivity index (χ0v) is 10.4. The molecule has 1 aromatic rings. The summed E-state index contributed by atoms with van der Waals surface area (Å²) in [4.78, 5) is 3.88. The summed E-state index contributed by atoms with van der Waals surface area (Å²) in [6, 6.07) is 1.82. The molecule has 0 spiro atoms. The highest BCUT2D eigenvalue weighted by Crippen LogP contribution is 2.04. The second-order valence-electron chi connectivity index (χ2n) is 3.35. The molecule has 0 saturated carbocycles. The second kappa shape index (κ2) is 5.33. The highest BCUT2D eigenvalue weighted by molar-refractivity contribution is 7.92. The Bertz CT molecular complexity index is 485. The van der Waals surface area contributed by atoms with Gasteiger partial charge in [-0.1, -0.05) is 12.2 Å². The molecule has 88 valence electrons. The molecule has 1 heterocycles. The number of pyridine rings is 1. The molecule has 0 atom stereocenters. The van der Waals surface area contributed by atoms with Crippen LogP contribution < -0.4 is 10.5 Å². The molecular formula is C9H13N3O2S2. The van der Waals surface area contributed by atoms with Crippen LogP contribution >= 0.6 is 12.2 Å². The third kappa shape index (κ3) is 4.21. The van der Waals surface area contributed by atoms with E-state index >= 15 is 0 Å². The lowest BCUT2D eigenvalue weighted by molar-refractivity contribution is 0.585. The predicted octanol–water partition coefficient (Wildman–Crippen LogP) is 0.0955. The first-order chi connectivity index (χ1) is 7.41. The average molecular weight is 259 g/mol. The predicted molar refractivity (Wildman–Crippen MR) is 66.4 cm³/mol. The fraction of sp³-hybridized carbons (Fsp3) is 0.333. The molecule has 5 nitrogen and oxygen atoms in total. The van der Waals surface area contributed by atoms with E-state index < -0.39 is 10.0 Å². The van der Waals surface area contributed by atoms with Crippen molar-refractivity contribution >= 4 is 27.2 Å². The van der Waals surface area contributed by atoms with Crippen LogP contribution in [0.5, 0.6) is 0 Å². The highest BCUT2D eigenvalue weighted by atomic mass is 32.2. The van der Waals surface area contributed by atoms with Crippen molar-refractivity contribution in [3.63, 3.8) is 0 Å². The third-order valence-electron chi connectivity index (χ3n) is 1.96. The van der Waals surface area contributed by atoms with Gasteiger partial charge in [0.05, 0.1) is 4.99 Å². The smallest absolute Gasteiger partial charge is 0.218 e. The number of hydrogen-bond donors (Lipinski definition) is 2. The van der Waals surface area contributed by atoms with E-state index in [0.29, 0.717) is 0 Å². The lowest BCUT2D eigenvalue weighted by Crippen LogP contribution is -2.32. The van der Waals surface area contributed by atoms with E-state index in [2.05, 4.69) is 21.9 Å². The Morgan fingerprint density at radius 2 is 2.31 bits per heavy atom. The van der Waals surface area contributed by atoms with Gasteiger partial charge in [-0.3, -0.25) is 4.98 Å². The highest BCUT2D eigenvalue weighted by Gasteiger charge is 2.11. The molecule has 3 N–H and O–H groups in total. The average Bonchev–Trinajstić information content (AvgIpc) is 2.14. The van der Waals surface area contributed by atoms with Crippen LogP contribution in [0, 0.1) is 6.92 Å². The summed E-state index contributed by atoms with van der Waals surface area (Å²) in [6.07, 6.45) is 3.28. The van der Waals surface area contributed by atoms with Gasteiger partial charge in [-0.25, -0.2) is 13.1 Å². The monoisotopic (exact) mass is 259 g/mol. The number of aromatic nitrogens is 1. The molecule has 16 heavy (non-hydrogen) atoms. The maximum absolute atomic E-state index is 11.4. The van der Waals surface area contributed by atoms with Gasteiger partial charge in [-0.15, -0.1) is 0 Å². The molecule has 0 radical (unpaired) electrons. The fourth-order valence-electron chi connectivity index (χ4n) is 1.11. The molecule has 0 saturated heterocycles. The van der Waals surface area contributed by atoms with E-state index in [9.17, 15) is 8.42 Å². The van der Waals surface area contributed by atoms with Crippen molar-refractivity contribution in [3.8, 4) is 0 Å². The SMILES string of the molecule is Cc1ccncc1CNS(=O)(=O)CC(N)=S. The van der Waals surface area contributed by atoms with Crippen LogP contribution in [0.4, 0.5) is 0 Å². The number of aryl methyl sites for hydroxylation is 1. The summed E-state index contributed by atoms with van der Waals surface area (Å²) >= 11 is 4.55. The molecule has 1 aromatic heterocycles. The van der Waals surface area contributed by atoms with Gasteiger partial charge in [0.2, 0.25) is 10.0 Å². The Kier molecular flexibility index (Phi) is 4.34. The first-order valence-corrected chi connectivity index (χ1v) is 6.62. The van der Waals surface area contributed by atoms with Gasteiger partial charge in [0.25, 0.3) is 0 Å². The first kappa shape index (κ1) is 13.0. The Balaban J connectivity index is 2.65. The molecule has 0 aliphatic carbocycles. The molecule has 0 bridgehead atoms. The van der Waals surface area contributed by atoms with Crippen LogP contribution in [0.1, 0.15) is 11.1 Å². The second-order valence-corrected chi connectivity index (χ2v) is 5.68. The molecule has 0 amide bonds. The van der Waals surface area contributed by atoms with Crippen LogP contribution in [0.3, 0.4) is 0 Å². The zero-order chi connectivity index (χ0) is 12.2. The van der Waals surface area contributed by atoms with E-state index in [4.69, 9.17) is 5.73 Å². The van der Waals surface area contributed by atoms with Gasteiger partial charge < -0.3 is 5.73 Å². The van der Waals surface area contributed by atoms with E-state index in [1.807, 2.05) is 13.0 Å². The number of sulfonamides is 1. The van der Waals surface area contributed by atoms with Crippen molar-refractivity contribution in [1.29, 1.82) is 0 Å². The number of nitrogens with one attached hydrogen (secondary N) is 1. The first-order valence-electron chi connectivity index (χ1n) is 4.56. The third-order valence-corrected chi connectivity index (χ3v) is 3.56. The largest absolute Gasteiger partial charge is 0.392 e. The lowest BCUT2D eigenvalue weighted by Gasteiger charge is -2.07. The van der Waals surface area contributed by atoms with Gasteiger partial charge >= 0.3 is 0 Å². The summed E-state index contributed by atoms with van der Waals surface area (Å²) in [6.45, 7) is 2.09. The van der Waals surface area contributed by atoms with Gasteiger partial charge in [0, 0.05) is 18.9 Å². The van der Waals surface area contributed by atoms with Crippen molar-refractivity contribution in [3.05, 3.63) is 29.6 Å². The minimum Gasteiger partial charge on any atom is -0.392 e. The summed E-state index contributed by atoms with van der Waals surface area (Å²) in [5.74, 6) is -0.332. The summed E-state index contributed by atoms with van der Waals surface area (Å²) < 4.78 is 25.3. The van der Waals surface area contributed by atoms with Crippen LogP contribution in [0.2, 0.25) is 0 Å². The molecular weight excluding hydrogens is 246 g/mol. The fourth-order valence-corrected chi connectivity index (χ4v) is 2.43. The van der Waals surface area contributed by atoms with Gasteiger partial charge in [0.15, 0.2) is 0 Å². The Morgan fingerprint density at radius 3 is 2.88 bits per heavy atom. The lowest BCUT2D eigenvalue weighted by atomic mass is 10.2. The molecule has 7 heteroatoms. The minimum atomic E-state index is -3.44. The minimum absolute atomic E-state index is 0.0459. The molecule has 0 aliphatic heterocycles.